The van der Waals surface area contributed by atoms with E-state index in [1.54, 1.807) is 31.2 Å². The second-order valence-corrected chi connectivity index (χ2v) is 7.09. The highest BCUT2D eigenvalue weighted by Gasteiger charge is 2.20. The highest BCUT2D eigenvalue weighted by Crippen LogP contribution is 2.20. The lowest BCUT2D eigenvalue weighted by Gasteiger charge is -2.15. The van der Waals surface area contributed by atoms with Gasteiger partial charge >= 0.3 is 5.97 Å². The third-order valence-electron chi connectivity index (χ3n) is 4.88. The molecule has 0 spiro atoms. The molecule has 2 amide bonds. The Balaban J connectivity index is 1.58. The molecule has 1 aliphatic carbocycles. The molecule has 2 aromatic carbocycles. The molecule has 0 unspecified atom stereocenters. The van der Waals surface area contributed by atoms with Crippen molar-refractivity contribution < 1.29 is 23.5 Å². The summed E-state index contributed by atoms with van der Waals surface area (Å²) in [6.45, 7) is 1.03. The van der Waals surface area contributed by atoms with Gasteiger partial charge in [-0.15, -0.1) is 0 Å². The van der Waals surface area contributed by atoms with E-state index in [-0.39, 0.29) is 17.5 Å². The molecule has 0 heterocycles. The first-order valence-electron chi connectivity index (χ1n) is 9.57. The minimum atomic E-state index is -0.800. The topological polar surface area (TPSA) is 84.5 Å². The number of halogens is 1. The van der Waals surface area contributed by atoms with Crippen LogP contribution in [-0.2, 0) is 9.53 Å². The normalized spacial score (nSPS) is 13.7. The summed E-state index contributed by atoms with van der Waals surface area (Å²) in [5.41, 5.74) is 1.12. The first-order valence-corrected chi connectivity index (χ1v) is 9.57. The first-order chi connectivity index (χ1) is 13.9. The van der Waals surface area contributed by atoms with E-state index in [4.69, 9.17) is 4.74 Å². The lowest BCUT2D eigenvalue weighted by Crippen LogP contribution is -2.33. The van der Waals surface area contributed by atoms with Crippen LogP contribution >= 0.6 is 0 Å². The third-order valence-corrected chi connectivity index (χ3v) is 4.88. The monoisotopic (exact) mass is 398 g/mol. The zero-order valence-corrected chi connectivity index (χ0v) is 16.2. The van der Waals surface area contributed by atoms with E-state index in [0.717, 1.165) is 31.7 Å². The van der Waals surface area contributed by atoms with Crippen LogP contribution in [0.2, 0.25) is 0 Å². The van der Waals surface area contributed by atoms with Crippen LogP contribution < -0.4 is 10.6 Å². The Hall–Kier alpha value is -3.22. The van der Waals surface area contributed by atoms with Gasteiger partial charge in [0.25, 0.3) is 11.8 Å². The van der Waals surface area contributed by atoms with Crippen molar-refractivity contribution in [3.8, 4) is 0 Å². The van der Waals surface area contributed by atoms with Gasteiger partial charge in [0, 0.05) is 6.04 Å². The van der Waals surface area contributed by atoms with Crippen LogP contribution in [0.15, 0.2) is 42.5 Å². The van der Waals surface area contributed by atoms with Gasteiger partial charge < -0.3 is 15.4 Å². The maximum atomic E-state index is 13.6. The van der Waals surface area contributed by atoms with Gasteiger partial charge in [0.15, 0.2) is 6.61 Å². The van der Waals surface area contributed by atoms with Gasteiger partial charge in [-0.25, -0.2) is 9.18 Å². The molecule has 2 aromatic rings. The highest BCUT2D eigenvalue weighted by molar-refractivity contribution is 6.04. The number of carbonyl (C=O) groups excluding carboxylic acids is 3. The first kappa shape index (κ1) is 20.5. The fraction of sp³-hybridized carbons (Fsp3) is 0.318. The van der Waals surface area contributed by atoms with Crippen LogP contribution in [0.25, 0.3) is 0 Å². The number of anilines is 1. The number of hydrogen-bond donors (Lipinski definition) is 2. The molecule has 152 valence electrons. The van der Waals surface area contributed by atoms with Crippen LogP contribution in [0.5, 0.6) is 0 Å². The van der Waals surface area contributed by atoms with Gasteiger partial charge in [-0.1, -0.05) is 31.0 Å². The Morgan fingerprint density at radius 3 is 2.55 bits per heavy atom. The van der Waals surface area contributed by atoms with Crippen molar-refractivity contribution in [1.29, 1.82) is 0 Å². The zero-order chi connectivity index (χ0) is 20.8. The van der Waals surface area contributed by atoms with Crippen molar-refractivity contribution in [3.63, 3.8) is 0 Å². The summed E-state index contributed by atoms with van der Waals surface area (Å²) in [7, 11) is 0. The molecule has 1 saturated carbocycles. The summed E-state index contributed by atoms with van der Waals surface area (Å²) in [4.78, 5) is 36.7. The van der Waals surface area contributed by atoms with Crippen LogP contribution in [0.3, 0.4) is 0 Å². The van der Waals surface area contributed by atoms with E-state index >= 15 is 0 Å². The summed E-state index contributed by atoms with van der Waals surface area (Å²) >= 11 is 0. The number of rotatable bonds is 6. The van der Waals surface area contributed by atoms with Crippen LogP contribution in [-0.4, -0.2) is 30.4 Å². The second kappa shape index (κ2) is 9.32. The molecule has 0 saturated heterocycles. The molecule has 29 heavy (non-hydrogen) atoms. The maximum absolute atomic E-state index is 13.6. The highest BCUT2D eigenvalue weighted by atomic mass is 19.1. The van der Waals surface area contributed by atoms with Crippen molar-refractivity contribution in [2.45, 2.75) is 38.6 Å². The average Bonchev–Trinajstić information content (AvgIpc) is 3.21. The van der Waals surface area contributed by atoms with Crippen LogP contribution in [0, 0.1) is 12.7 Å². The van der Waals surface area contributed by atoms with Crippen molar-refractivity contribution in [3.05, 3.63) is 65.0 Å². The largest absolute Gasteiger partial charge is 0.452 e. The minimum Gasteiger partial charge on any atom is -0.452 e. The van der Waals surface area contributed by atoms with Gasteiger partial charge in [0.05, 0.1) is 16.8 Å². The molecule has 0 bridgehead atoms. The number of aryl methyl sites for hydroxylation is 1. The molecule has 3 rings (SSSR count). The molecule has 0 aromatic heterocycles. The average molecular weight is 398 g/mol. The molecule has 1 fully saturated rings. The Kier molecular flexibility index (Phi) is 6.59. The van der Waals surface area contributed by atoms with Gasteiger partial charge in [-0.3, -0.25) is 9.59 Å². The number of para-hydroxylation sites is 1. The van der Waals surface area contributed by atoms with Gasteiger partial charge in [0.1, 0.15) is 5.82 Å². The number of esters is 1. The second-order valence-electron chi connectivity index (χ2n) is 7.09. The van der Waals surface area contributed by atoms with E-state index in [2.05, 4.69) is 10.6 Å². The Bertz CT molecular complexity index is 923. The summed E-state index contributed by atoms with van der Waals surface area (Å²) in [6.07, 6.45) is 4.10. The molecular weight excluding hydrogens is 375 g/mol. The van der Waals surface area contributed by atoms with E-state index < -0.39 is 24.3 Å². The van der Waals surface area contributed by atoms with Gasteiger partial charge in [-0.05, 0) is 49.6 Å². The summed E-state index contributed by atoms with van der Waals surface area (Å²) in [5.74, 6) is -2.16. The van der Waals surface area contributed by atoms with E-state index in [1.165, 1.54) is 12.1 Å². The third kappa shape index (κ3) is 5.40. The molecule has 6 nitrogen and oxygen atoms in total. The summed E-state index contributed by atoms with van der Waals surface area (Å²) in [5, 5.41) is 5.57. The van der Waals surface area contributed by atoms with Crippen LogP contribution in [0.4, 0.5) is 10.1 Å². The van der Waals surface area contributed by atoms with Crippen molar-refractivity contribution >= 4 is 23.5 Å². The Morgan fingerprint density at radius 1 is 1.10 bits per heavy atom. The smallest absolute Gasteiger partial charge is 0.338 e. The SMILES string of the molecule is Cc1ccc(C(=O)OCC(=O)Nc2ccccc2C(=O)NC2CCCC2)cc1F. The molecule has 7 heteroatoms. The number of ether oxygens (including phenoxy) is 1. The zero-order valence-electron chi connectivity index (χ0n) is 16.2. The van der Waals surface area contributed by atoms with Crippen molar-refractivity contribution in [1.82, 2.24) is 5.32 Å². The maximum Gasteiger partial charge on any atom is 0.338 e. The molecule has 0 radical (unpaired) electrons. The molecular formula is C22H23FN2O4. The van der Waals surface area contributed by atoms with Gasteiger partial charge in [0.2, 0.25) is 0 Å². The Morgan fingerprint density at radius 2 is 1.83 bits per heavy atom. The predicted octanol–water partition coefficient (Wildman–Crippen LogP) is 3.60. The standard InChI is InChI=1S/C22H23FN2O4/c1-14-10-11-15(12-18(14)23)22(28)29-13-20(26)25-19-9-5-4-8-17(19)21(27)24-16-6-2-3-7-16/h4-5,8-12,16H,2-3,6-7,13H2,1H3,(H,24,27)(H,25,26). The number of nitrogens with one attached hydrogen (secondary N) is 2. The minimum absolute atomic E-state index is 0.0252. The Labute approximate surface area is 168 Å². The lowest BCUT2D eigenvalue weighted by molar-refractivity contribution is -0.119. The van der Waals surface area contributed by atoms with Crippen molar-refractivity contribution in [2.24, 2.45) is 0 Å². The summed E-state index contributed by atoms with van der Waals surface area (Å²) < 4.78 is 18.5. The number of benzene rings is 2. The quantitative estimate of drug-likeness (QED) is 0.728. The van der Waals surface area contributed by atoms with E-state index in [0.29, 0.717) is 16.8 Å². The molecule has 0 atom stereocenters. The fourth-order valence-corrected chi connectivity index (χ4v) is 3.24. The summed E-state index contributed by atoms with van der Waals surface area (Å²) in [6, 6.07) is 10.8. The number of hydrogen-bond acceptors (Lipinski definition) is 4. The molecule has 0 aliphatic heterocycles. The number of amides is 2. The van der Waals surface area contributed by atoms with E-state index in [9.17, 15) is 18.8 Å². The predicted molar refractivity (Wildman–Crippen MR) is 106 cm³/mol. The van der Waals surface area contributed by atoms with Crippen molar-refractivity contribution in [2.75, 3.05) is 11.9 Å². The molecule has 1 aliphatic rings. The lowest BCUT2D eigenvalue weighted by atomic mass is 10.1. The van der Waals surface area contributed by atoms with E-state index in [1.807, 2.05) is 0 Å². The van der Waals surface area contributed by atoms with Crippen LogP contribution in [0.1, 0.15) is 52.0 Å². The molecule has 2 N–H and O–H groups in total. The fourth-order valence-electron chi connectivity index (χ4n) is 3.24. The van der Waals surface area contributed by atoms with Gasteiger partial charge in [-0.2, -0.15) is 0 Å². The number of carbonyl (C=O) groups is 3.